The molecule has 19 heavy (non-hydrogen) atoms. The molecular formula is C14H26N4O. The maximum absolute atomic E-state index is 5.94. The highest BCUT2D eigenvalue weighted by Gasteiger charge is 2.27. The van der Waals surface area contributed by atoms with E-state index < -0.39 is 0 Å². The van der Waals surface area contributed by atoms with E-state index in [-0.39, 0.29) is 6.10 Å². The molecule has 1 N–H and O–H groups in total. The summed E-state index contributed by atoms with van der Waals surface area (Å²) >= 11 is 0. The zero-order valence-corrected chi connectivity index (χ0v) is 12.3. The summed E-state index contributed by atoms with van der Waals surface area (Å²) in [5, 5.41) is 3.56. The molecule has 2 rings (SSSR count). The Morgan fingerprint density at radius 2 is 2.37 bits per heavy atom. The molecule has 1 aliphatic heterocycles. The first-order valence-electron chi connectivity index (χ1n) is 7.28. The number of nitrogens with zero attached hydrogens (tertiary/aromatic N) is 3. The summed E-state index contributed by atoms with van der Waals surface area (Å²) in [6.07, 6.45) is 5.11. The number of imidazole rings is 1. The van der Waals surface area contributed by atoms with E-state index in [2.05, 4.69) is 40.7 Å². The SMILES string of the molecule is CCNC(Cc1nccn1CC)C1CN(C)CCO1. The first-order valence-corrected chi connectivity index (χ1v) is 7.28. The van der Waals surface area contributed by atoms with E-state index >= 15 is 0 Å². The van der Waals surface area contributed by atoms with Gasteiger partial charge in [0.05, 0.1) is 12.7 Å². The van der Waals surface area contributed by atoms with Crippen molar-refractivity contribution in [1.82, 2.24) is 19.8 Å². The van der Waals surface area contributed by atoms with E-state index in [0.717, 1.165) is 45.0 Å². The van der Waals surface area contributed by atoms with Crippen molar-refractivity contribution in [3.63, 3.8) is 0 Å². The van der Waals surface area contributed by atoms with Gasteiger partial charge >= 0.3 is 0 Å². The molecule has 0 saturated carbocycles. The number of aryl methyl sites for hydroxylation is 1. The van der Waals surface area contributed by atoms with Gasteiger partial charge in [0.15, 0.2) is 0 Å². The van der Waals surface area contributed by atoms with Crippen molar-refractivity contribution in [2.45, 2.75) is 39.0 Å². The van der Waals surface area contributed by atoms with Crippen LogP contribution in [-0.4, -0.2) is 59.9 Å². The topological polar surface area (TPSA) is 42.3 Å². The van der Waals surface area contributed by atoms with Crippen LogP contribution in [0, 0.1) is 0 Å². The molecule has 0 radical (unpaired) electrons. The summed E-state index contributed by atoms with van der Waals surface area (Å²) in [5.74, 6) is 1.14. The van der Waals surface area contributed by atoms with Gasteiger partial charge in [-0.15, -0.1) is 0 Å². The second-order valence-corrected chi connectivity index (χ2v) is 5.17. The molecule has 2 unspecified atom stereocenters. The van der Waals surface area contributed by atoms with Crippen LogP contribution >= 0.6 is 0 Å². The average Bonchev–Trinajstić information content (AvgIpc) is 2.85. The number of ether oxygens (including phenoxy) is 1. The Bertz CT molecular complexity index is 379. The van der Waals surface area contributed by atoms with Crippen molar-refractivity contribution in [2.24, 2.45) is 0 Å². The van der Waals surface area contributed by atoms with Crippen LogP contribution in [0.25, 0.3) is 0 Å². The number of hydrogen-bond acceptors (Lipinski definition) is 4. The Morgan fingerprint density at radius 1 is 1.53 bits per heavy atom. The minimum atomic E-state index is 0.251. The minimum absolute atomic E-state index is 0.251. The first-order chi connectivity index (χ1) is 9.24. The first kappa shape index (κ1) is 14.5. The zero-order valence-electron chi connectivity index (χ0n) is 12.3. The zero-order chi connectivity index (χ0) is 13.7. The third-order valence-corrected chi connectivity index (χ3v) is 3.76. The fraction of sp³-hybridized carbons (Fsp3) is 0.786. The normalized spacial score (nSPS) is 22.6. The van der Waals surface area contributed by atoms with E-state index in [1.54, 1.807) is 0 Å². The van der Waals surface area contributed by atoms with Crippen molar-refractivity contribution < 1.29 is 4.74 Å². The molecule has 0 spiro atoms. The predicted molar refractivity (Wildman–Crippen MR) is 76.3 cm³/mol. The third-order valence-electron chi connectivity index (χ3n) is 3.76. The lowest BCUT2D eigenvalue weighted by Crippen LogP contribution is -2.52. The molecule has 5 heteroatoms. The van der Waals surface area contributed by atoms with Crippen LogP contribution in [0.4, 0.5) is 0 Å². The van der Waals surface area contributed by atoms with Crippen molar-refractivity contribution in [2.75, 3.05) is 33.3 Å². The number of likely N-dealkylation sites (N-methyl/N-ethyl adjacent to an activating group) is 2. The van der Waals surface area contributed by atoms with Gasteiger partial charge in [0.2, 0.25) is 0 Å². The highest BCUT2D eigenvalue weighted by atomic mass is 16.5. The van der Waals surface area contributed by atoms with E-state index in [1.165, 1.54) is 0 Å². The molecule has 1 aliphatic rings. The van der Waals surface area contributed by atoms with Crippen molar-refractivity contribution in [1.29, 1.82) is 0 Å². The fourth-order valence-corrected chi connectivity index (χ4v) is 2.67. The van der Waals surface area contributed by atoms with E-state index in [0.29, 0.717) is 6.04 Å². The van der Waals surface area contributed by atoms with Crippen LogP contribution in [0.15, 0.2) is 12.4 Å². The summed E-state index contributed by atoms with van der Waals surface area (Å²) < 4.78 is 8.15. The lowest BCUT2D eigenvalue weighted by molar-refractivity contribution is -0.0385. The maximum Gasteiger partial charge on any atom is 0.110 e. The summed E-state index contributed by atoms with van der Waals surface area (Å²) in [7, 11) is 2.16. The Hall–Kier alpha value is -0.910. The fourth-order valence-electron chi connectivity index (χ4n) is 2.67. The van der Waals surface area contributed by atoms with Gasteiger partial charge < -0.3 is 19.5 Å². The lowest BCUT2D eigenvalue weighted by Gasteiger charge is -2.35. The Labute approximate surface area is 116 Å². The highest BCUT2D eigenvalue weighted by Crippen LogP contribution is 2.12. The quantitative estimate of drug-likeness (QED) is 0.825. The standard InChI is InChI=1S/C14H26N4O/c1-4-15-12(13-11-17(3)8-9-19-13)10-14-16-6-7-18(14)5-2/h6-7,12-13,15H,4-5,8-11H2,1-3H3. The van der Waals surface area contributed by atoms with Gasteiger partial charge in [-0.1, -0.05) is 6.92 Å². The van der Waals surface area contributed by atoms with Gasteiger partial charge in [-0.25, -0.2) is 4.98 Å². The number of morpholine rings is 1. The van der Waals surface area contributed by atoms with Crippen LogP contribution < -0.4 is 5.32 Å². The van der Waals surface area contributed by atoms with Crippen LogP contribution in [0.3, 0.4) is 0 Å². The van der Waals surface area contributed by atoms with Gasteiger partial charge in [0, 0.05) is 44.5 Å². The molecule has 108 valence electrons. The molecule has 0 aliphatic carbocycles. The molecule has 2 atom stereocenters. The largest absolute Gasteiger partial charge is 0.374 e. The van der Waals surface area contributed by atoms with Crippen molar-refractivity contribution >= 4 is 0 Å². The minimum Gasteiger partial charge on any atom is -0.374 e. The molecule has 1 aromatic rings. The van der Waals surface area contributed by atoms with E-state index in [9.17, 15) is 0 Å². The smallest absolute Gasteiger partial charge is 0.110 e. The highest BCUT2D eigenvalue weighted by molar-refractivity contribution is 4.98. The van der Waals surface area contributed by atoms with Crippen LogP contribution in [0.1, 0.15) is 19.7 Å². The molecule has 5 nitrogen and oxygen atoms in total. The number of aromatic nitrogens is 2. The summed E-state index contributed by atoms with van der Waals surface area (Å²) in [6.45, 7) is 9.07. The monoisotopic (exact) mass is 266 g/mol. The van der Waals surface area contributed by atoms with Gasteiger partial charge in [-0.3, -0.25) is 0 Å². The molecule has 0 aromatic carbocycles. The van der Waals surface area contributed by atoms with Gasteiger partial charge in [-0.05, 0) is 20.5 Å². The molecule has 0 amide bonds. The Morgan fingerprint density at radius 3 is 3.05 bits per heavy atom. The number of nitrogens with one attached hydrogen (secondary N) is 1. The second kappa shape index (κ2) is 7.03. The number of rotatable bonds is 6. The third kappa shape index (κ3) is 3.78. The second-order valence-electron chi connectivity index (χ2n) is 5.17. The Kier molecular flexibility index (Phi) is 5.36. The summed E-state index contributed by atoms with van der Waals surface area (Å²) in [5.41, 5.74) is 0. The average molecular weight is 266 g/mol. The van der Waals surface area contributed by atoms with Crippen molar-refractivity contribution in [3.8, 4) is 0 Å². The number of hydrogen-bond donors (Lipinski definition) is 1. The molecule has 1 aromatic heterocycles. The molecule has 1 fully saturated rings. The van der Waals surface area contributed by atoms with Crippen LogP contribution in [0.5, 0.6) is 0 Å². The maximum atomic E-state index is 5.94. The van der Waals surface area contributed by atoms with Crippen LogP contribution in [0.2, 0.25) is 0 Å². The molecule has 1 saturated heterocycles. The van der Waals surface area contributed by atoms with Gasteiger partial charge in [-0.2, -0.15) is 0 Å². The van der Waals surface area contributed by atoms with Crippen LogP contribution in [-0.2, 0) is 17.7 Å². The van der Waals surface area contributed by atoms with E-state index in [4.69, 9.17) is 4.74 Å². The van der Waals surface area contributed by atoms with Gasteiger partial charge in [0.1, 0.15) is 5.82 Å². The predicted octanol–water partition coefficient (Wildman–Crippen LogP) is 0.754. The van der Waals surface area contributed by atoms with E-state index in [1.807, 2.05) is 12.4 Å². The molecular weight excluding hydrogens is 240 g/mol. The van der Waals surface area contributed by atoms with Crippen molar-refractivity contribution in [3.05, 3.63) is 18.2 Å². The summed E-state index contributed by atoms with van der Waals surface area (Å²) in [6, 6.07) is 0.334. The molecule has 2 heterocycles. The molecule has 0 bridgehead atoms. The summed E-state index contributed by atoms with van der Waals surface area (Å²) in [4.78, 5) is 6.81. The van der Waals surface area contributed by atoms with Gasteiger partial charge in [0.25, 0.3) is 0 Å². The lowest BCUT2D eigenvalue weighted by atomic mass is 10.1. The Balaban J connectivity index is 2.03.